The van der Waals surface area contributed by atoms with E-state index >= 15 is 0 Å². The summed E-state index contributed by atoms with van der Waals surface area (Å²) >= 11 is 0. The highest BCUT2D eigenvalue weighted by molar-refractivity contribution is 6.06. The van der Waals surface area contributed by atoms with Crippen molar-refractivity contribution < 1.29 is 27.5 Å². The highest BCUT2D eigenvalue weighted by Crippen LogP contribution is 2.28. The molecule has 4 aromatic rings. The molecule has 9 heteroatoms. The highest BCUT2D eigenvalue weighted by Gasteiger charge is 2.32. The fourth-order valence-corrected chi connectivity index (χ4v) is 3.84. The molecule has 0 unspecified atom stereocenters. The maximum Gasteiger partial charge on any atom is 0.433 e. The molecule has 2 heterocycles. The largest absolute Gasteiger partial charge is 0.465 e. The predicted molar refractivity (Wildman–Crippen MR) is 124 cm³/mol. The Kier molecular flexibility index (Phi) is 6.59. The summed E-state index contributed by atoms with van der Waals surface area (Å²) in [6.07, 6.45) is -1.52. The maximum absolute atomic E-state index is 13.2. The molecular formula is C26H22F3N3O3. The molecule has 0 bridgehead atoms. The topological polar surface area (TPSA) is 73.2 Å². The minimum Gasteiger partial charge on any atom is -0.465 e. The van der Waals surface area contributed by atoms with Crippen LogP contribution in [0, 0.1) is 0 Å². The SMILES string of the molecule is COC(=O)c1ccc([C@H](C)NC(=O)c2cccc3ccn(Cc4ccc(C(F)(F)F)nc4)c23)cc1. The second-order valence-electron chi connectivity index (χ2n) is 8.05. The zero-order valence-corrected chi connectivity index (χ0v) is 19.0. The van der Waals surface area contributed by atoms with Crippen LogP contribution in [0.15, 0.2) is 73.1 Å². The summed E-state index contributed by atoms with van der Waals surface area (Å²) in [6.45, 7) is 2.08. The van der Waals surface area contributed by atoms with Gasteiger partial charge in [-0.2, -0.15) is 13.2 Å². The van der Waals surface area contributed by atoms with Gasteiger partial charge in [-0.15, -0.1) is 0 Å². The average Bonchev–Trinajstić information content (AvgIpc) is 3.26. The Labute approximate surface area is 199 Å². The van der Waals surface area contributed by atoms with Crippen LogP contribution in [0.1, 0.15) is 50.5 Å². The predicted octanol–water partition coefficient (Wildman–Crippen LogP) is 5.38. The van der Waals surface area contributed by atoms with E-state index in [2.05, 4.69) is 10.3 Å². The van der Waals surface area contributed by atoms with E-state index in [4.69, 9.17) is 4.74 Å². The monoisotopic (exact) mass is 481 g/mol. The van der Waals surface area contributed by atoms with E-state index in [-0.39, 0.29) is 18.5 Å². The van der Waals surface area contributed by atoms with Crippen molar-refractivity contribution in [2.45, 2.75) is 25.7 Å². The van der Waals surface area contributed by atoms with Crippen molar-refractivity contribution in [2.24, 2.45) is 0 Å². The van der Waals surface area contributed by atoms with Crippen LogP contribution in [0.5, 0.6) is 0 Å². The summed E-state index contributed by atoms with van der Waals surface area (Å²) in [4.78, 5) is 28.3. The summed E-state index contributed by atoms with van der Waals surface area (Å²) in [5.41, 5.74) is 1.94. The van der Waals surface area contributed by atoms with Crippen LogP contribution in [0.3, 0.4) is 0 Å². The van der Waals surface area contributed by atoms with Crippen LogP contribution in [0.25, 0.3) is 10.9 Å². The van der Waals surface area contributed by atoms with E-state index in [0.717, 1.165) is 17.0 Å². The Morgan fingerprint density at radius 2 is 1.80 bits per heavy atom. The van der Waals surface area contributed by atoms with Crippen LogP contribution < -0.4 is 5.32 Å². The number of carbonyl (C=O) groups excluding carboxylic acids is 2. The van der Waals surface area contributed by atoms with Crippen molar-refractivity contribution in [3.63, 3.8) is 0 Å². The Morgan fingerprint density at radius 1 is 1.06 bits per heavy atom. The van der Waals surface area contributed by atoms with Gasteiger partial charge < -0.3 is 14.6 Å². The summed E-state index contributed by atoms with van der Waals surface area (Å²) < 4.78 is 44.9. The first-order valence-corrected chi connectivity index (χ1v) is 10.8. The van der Waals surface area contributed by atoms with Gasteiger partial charge in [0, 0.05) is 24.3 Å². The Hall–Kier alpha value is -4.14. The molecule has 0 aliphatic heterocycles. The molecule has 1 atom stereocenters. The average molecular weight is 481 g/mol. The van der Waals surface area contributed by atoms with E-state index in [9.17, 15) is 22.8 Å². The van der Waals surface area contributed by atoms with Gasteiger partial charge in [0.05, 0.1) is 29.8 Å². The molecule has 2 aromatic heterocycles. The van der Waals surface area contributed by atoms with Gasteiger partial charge in [0.1, 0.15) is 5.69 Å². The summed E-state index contributed by atoms with van der Waals surface area (Å²) in [5, 5.41) is 3.79. The number of rotatable bonds is 6. The van der Waals surface area contributed by atoms with E-state index in [1.54, 1.807) is 42.6 Å². The normalized spacial score (nSPS) is 12.4. The molecule has 0 saturated carbocycles. The molecule has 0 spiro atoms. The Morgan fingerprint density at radius 3 is 2.43 bits per heavy atom. The highest BCUT2D eigenvalue weighted by atomic mass is 19.4. The Bertz CT molecular complexity index is 1360. The lowest BCUT2D eigenvalue weighted by Gasteiger charge is -2.16. The van der Waals surface area contributed by atoms with Crippen LogP contribution in [0.4, 0.5) is 13.2 Å². The first-order chi connectivity index (χ1) is 16.7. The third-order valence-electron chi connectivity index (χ3n) is 5.68. The number of fused-ring (bicyclic) bond motifs is 1. The van der Waals surface area contributed by atoms with Crippen molar-refractivity contribution in [1.29, 1.82) is 0 Å². The number of methoxy groups -OCH3 is 1. The van der Waals surface area contributed by atoms with Crippen LogP contribution in [-0.2, 0) is 17.5 Å². The number of aromatic nitrogens is 2. The molecule has 0 fully saturated rings. The number of halogens is 3. The minimum atomic E-state index is -4.50. The van der Waals surface area contributed by atoms with Crippen LogP contribution in [-0.4, -0.2) is 28.5 Å². The lowest BCUT2D eigenvalue weighted by atomic mass is 10.0. The zero-order valence-electron chi connectivity index (χ0n) is 19.0. The van der Waals surface area contributed by atoms with E-state index in [0.29, 0.717) is 22.2 Å². The molecule has 0 radical (unpaired) electrons. The van der Waals surface area contributed by atoms with Crippen molar-refractivity contribution in [1.82, 2.24) is 14.9 Å². The van der Waals surface area contributed by atoms with E-state index in [1.807, 2.05) is 23.6 Å². The lowest BCUT2D eigenvalue weighted by molar-refractivity contribution is -0.141. The molecule has 0 aliphatic rings. The number of para-hydroxylation sites is 1. The fourth-order valence-electron chi connectivity index (χ4n) is 3.84. The first-order valence-electron chi connectivity index (χ1n) is 10.8. The fraction of sp³-hybridized carbons (Fsp3) is 0.192. The number of hydrogen-bond donors (Lipinski definition) is 1. The Balaban J connectivity index is 1.56. The number of nitrogens with one attached hydrogen (secondary N) is 1. The van der Waals surface area contributed by atoms with Gasteiger partial charge in [-0.25, -0.2) is 4.79 Å². The third-order valence-corrected chi connectivity index (χ3v) is 5.68. The number of nitrogens with zero attached hydrogens (tertiary/aromatic N) is 2. The molecule has 2 aromatic carbocycles. The molecule has 35 heavy (non-hydrogen) atoms. The quantitative estimate of drug-likeness (QED) is 0.375. The molecular weight excluding hydrogens is 459 g/mol. The second-order valence-corrected chi connectivity index (χ2v) is 8.05. The number of carbonyl (C=O) groups is 2. The van der Waals surface area contributed by atoms with Gasteiger partial charge in [-0.3, -0.25) is 9.78 Å². The molecule has 0 saturated heterocycles. The second kappa shape index (κ2) is 9.61. The molecule has 4 rings (SSSR count). The number of ether oxygens (including phenoxy) is 1. The van der Waals surface area contributed by atoms with Gasteiger partial charge >= 0.3 is 12.1 Å². The van der Waals surface area contributed by atoms with Gasteiger partial charge in [0.25, 0.3) is 5.91 Å². The minimum absolute atomic E-state index is 0.253. The number of amides is 1. The van der Waals surface area contributed by atoms with Crippen molar-refractivity contribution in [3.05, 3.63) is 101 Å². The number of alkyl halides is 3. The van der Waals surface area contributed by atoms with Gasteiger partial charge in [-0.1, -0.05) is 30.3 Å². The molecule has 6 nitrogen and oxygen atoms in total. The number of benzene rings is 2. The van der Waals surface area contributed by atoms with Crippen LogP contribution in [0.2, 0.25) is 0 Å². The maximum atomic E-state index is 13.2. The summed E-state index contributed by atoms with van der Waals surface area (Å²) in [5.74, 6) is -0.741. The zero-order chi connectivity index (χ0) is 25.2. The summed E-state index contributed by atoms with van der Waals surface area (Å²) in [6, 6.07) is 15.9. The van der Waals surface area contributed by atoms with Gasteiger partial charge in [0.2, 0.25) is 0 Å². The van der Waals surface area contributed by atoms with E-state index in [1.165, 1.54) is 19.4 Å². The van der Waals surface area contributed by atoms with Crippen molar-refractivity contribution in [3.8, 4) is 0 Å². The standard InChI is InChI=1S/C26H22F3N3O3/c1-16(18-7-9-20(10-8-18)25(34)35-2)31-24(33)21-5-3-4-19-12-13-32(23(19)21)15-17-6-11-22(30-14-17)26(27,28)29/h3-14,16H,15H2,1-2H3,(H,31,33)/t16-/m0/s1. The number of esters is 1. The number of pyridine rings is 1. The smallest absolute Gasteiger partial charge is 0.433 e. The van der Waals surface area contributed by atoms with Gasteiger partial charge in [0.15, 0.2) is 0 Å². The molecule has 1 amide bonds. The van der Waals surface area contributed by atoms with Gasteiger partial charge in [-0.05, 0) is 48.4 Å². The summed E-state index contributed by atoms with van der Waals surface area (Å²) in [7, 11) is 1.31. The van der Waals surface area contributed by atoms with Crippen molar-refractivity contribution >= 4 is 22.8 Å². The number of hydrogen-bond acceptors (Lipinski definition) is 4. The third kappa shape index (κ3) is 5.18. The van der Waals surface area contributed by atoms with Crippen molar-refractivity contribution in [2.75, 3.05) is 7.11 Å². The lowest BCUT2D eigenvalue weighted by Crippen LogP contribution is -2.27. The molecule has 0 aliphatic carbocycles. The van der Waals surface area contributed by atoms with Crippen LogP contribution >= 0.6 is 0 Å². The first kappa shape index (κ1) is 24.0. The van der Waals surface area contributed by atoms with E-state index < -0.39 is 17.8 Å². The molecule has 180 valence electrons. The molecule has 1 N–H and O–H groups in total.